The molecule has 2 aromatic carbocycles. The predicted molar refractivity (Wildman–Crippen MR) is 145 cm³/mol. The Bertz CT molecular complexity index is 1080. The van der Waals surface area contributed by atoms with Gasteiger partial charge in [-0.25, -0.2) is 0 Å². The normalized spacial score (nSPS) is 20.4. The monoisotopic (exact) mass is 524 g/mol. The molecule has 3 atom stereocenters. The average Bonchev–Trinajstić information content (AvgIpc) is 3.56. The number of carbonyl (C=O) groups excluding carboxylic acids is 2. The summed E-state index contributed by atoms with van der Waals surface area (Å²) >= 11 is 0. The molecule has 2 aliphatic heterocycles. The smallest absolute Gasteiger partial charge is 0.311 e. The van der Waals surface area contributed by atoms with Crippen molar-refractivity contribution in [2.45, 2.75) is 52.0 Å². The van der Waals surface area contributed by atoms with Gasteiger partial charge < -0.3 is 23.8 Å². The number of fused-ring (bicyclic) bond motifs is 1. The molecule has 8 heteroatoms. The van der Waals surface area contributed by atoms with Gasteiger partial charge in [-0.3, -0.25) is 14.5 Å². The third-order valence-corrected chi connectivity index (χ3v) is 7.39. The van der Waals surface area contributed by atoms with E-state index in [1.165, 1.54) is 0 Å². The van der Waals surface area contributed by atoms with E-state index in [1.54, 1.807) is 7.11 Å². The number of likely N-dealkylation sites (tertiary alicyclic amines) is 1. The molecule has 0 aliphatic carbocycles. The molecule has 2 aliphatic rings. The van der Waals surface area contributed by atoms with Crippen LogP contribution in [0, 0.1) is 5.92 Å². The summed E-state index contributed by atoms with van der Waals surface area (Å²) in [7, 11) is 1.64. The summed E-state index contributed by atoms with van der Waals surface area (Å²) in [6.45, 7) is 9.22. The fourth-order valence-corrected chi connectivity index (χ4v) is 5.66. The number of carbonyl (C=O) groups is 2. The van der Waals surface area contributed by atoms with Crippen LogP contribution in [0.3, 0.4) is 0 Å². The van der Waals surface area contributed by atoms with Crippen molar-refractivity contribution in [2.24, 2.45) is 5.92 Å². The van der Waals surface area contributed by atoms with Crippen LogP contribution in [0.1, 0.15) is 63.1 Å². The maximum atomic E-state index is 13.5. The second kappa shape index (κ2) is 13.0. The predicted octanol–water partition coefficient (Wildman–Crippen LogP) is 4.78. The Balaban J connectivity index is 1.67. The molecule has 2 heterocycles. The van der Waals surface area contributed by atoms with E-state index < -0.39 is 5.92 Å². The first-order valence-corrected chi connectivity index (χ1v) is 13.7. The number of rotatable bonds is 12. The van der Waals surface area contributed by atoms with Crippen molar-refractivity contribution in [1.29, 1.82) is 0 Å². The van der Waals surface area contributed by atoms with E-state index in [9.17, 15) is 9.59 Å². The van der Waals surface area contributed by atoms with Crippen LogP contribution in [-0.2, 0) is 14.3 Å². The molecule has 0 bridgehead atoms. The largest absolute Gasteiger partial charge is 0.497 e. The molecule has 1 saturated heterocycles. The van der Waals surface area contributed by atoms with E-state index in [-0.39, 0.29) is 30.6 Å². The summed E-state index contributed by atoms with van der Waals surface area (Å²) in [5.74, 6) is 1.50. The highest BCUT2D eigenvalue weighted by atomic mass is 16.7. The first-order valence-electron chi connectivity index (χ1n) is 13.7. The van der Waals surface area contributed by atoms with Gasteiger partial charge in [0.1, 0.15) is 5.75 Å². The lowest BCUT2D eigenvalue weighted by Crippen LogP contribution is -2.36. The van der Waals surface area contributed by atoms with Gasteiger partial charge in [0.2, 0.25) is 12.7 Å². The average molecular weight is 525 g/mol. The molecule has 1 fully saturated rings. The number of benzene rings is 2. The fourth-order valence-electron chi connectivity index (χ4n) is 5.66. The number of hydrogen-bond acceptors (Lipinski definition) is 7. The zero-order valence-electron chi connectivity index (χ0n) is 23.0. The molecule has 0 unspecified atom stereocenters. The van der Waals surface area contributed by atoms with Crippen molar-refractivity contribution in [3.05, 3.63) is 53.6 Å². The van der Waals surface area contributed by atoms with Crippen LogP contribution in [0.4, 0.5) is 0 Å². The third-order valence-electron chi connectivity index (χ3n) is 7.39. The van der Waals surface area contributed by atoms with Crippen LogP contribution < -0.4 is 14.2 Å². The summed E-state index contributed by atoms with van der Waals surface area (Å²) < 4.78 is 22.1. The maximum Gasteiger partial charge on any atom is 0.311 e. The zero-order chi connectivity index (χ0) is 27.1. The van der Waals surface area contributed by atoms with E-state index >= 15 is 0 Å². The van der Waals surface area contributed by atoms with E-state index in [0.717, 1.165) is 42.8 Å². The molecule has 0 spiro atoms. The highest BCUT2D eigenvalue weighted by molar-refractivity contribution is 5.77. The van der Waals surface area contributed by atoms with Crippen molar-refractivity contribution in [3.8, 4) is 17.2 Å². The molecular formula is C30H40N2O6. The number of nitrogens with zero attached hydrogens (tertiary/aromatic N) is 2. The number of ether oxygens (including phenoxy) is 4. The summed E-state index contributed by atoms with van der Waals surface area (Å²) in [6.07, 6.45) is 2.26. The van der Waals surface area contributed by atoms with Crippen molar-refractivity contribution < 1.29 is 28.5 Å². The minimum Gasteiger partial charge on any atom is -0.497 e. The minimum atomic E-state index is -0.443. The Morgan fingerprint density at radius 3 is 2.32 bits per heavy atom. The SMILES string of the molecule is CCCN(CCC)C(=O)CCN1C[C@@H](c2ccc3c(c2)OCO3)[C@H](C(=O)OCC)[C@H]1c1ccc(OC)cc1. The van der Waals surface area contributed by atoms with E-state index in [4.69, 9.17) is 18.9 Å². The molecule has 4 rings (SSSR count). The van der Waals surface area contributed by atoms with Crippen molar-refractivity contribution in [3.63, 3.8) is 0 Å². The first-order chi connectivity index (χ1) is 18.5. The molecule has 8 nitrogen and oxygen atoms in total. The molecule has 0 radical (unpaired) electrons. The highest BCUT2D eigenvalue weighted by Gasteiger charge is 2.48. The molecule has 1 amide bonds. The van der Waals surface area contributed by atoms with Gasteiger partial charge in [-0.2, -0.15) is 0 Å². The topological polar surface area (TPSA) is 77.5 Å². The second-order valence-corrected chi connectivity index (χ2v) is 9.84. The summed E-state index contributed by atoms with van der Waals surface area (Å²) in [5, 5.41) is 0. The number of hydrogen-bond donors (Lipinski definition) is 0. The van der Waals surface area contributed by atoms with Crippen LogP contribution in [0.2, 0.25) is 0 Å². The van der Waals surface area contributed by atoms with Crippen LogP contribution in [0.5, 0.6) is 17.2 Å². The van der Waals surface area contributed by atoms with E-state index in [1.807, 2.05) is 54.3 Å². The number of amides is 1. The summed E-state index contributed by atoms with van der Waals surface area (Å²) in [6, 6.07) is 13.5. The van der Waals surface area contributed by atoms with Gasteiger partial charge in [-0.05, 0) is 55.2 Å². The van der Waals surface area contributed by atoms with Crippen LogP contribution in [0.25, 0.3) is 0 Å². The summed E-state index contributed by atoms with van der Waals surface area (Å²) in [4.78, 5) is 30.9. The molecular weight excluding hydrogens is 484 g/mol. The molecule has 38 heavy (non-hydrogen) atoms. The zero-order valence-corrected chi connectivity index (χ0v) is 23.0. The van der Waals surface area contributed by atoms with E-state index in [0.29, 0.717) is 37.6 Å². The molecule has 206 valence electrons. The first kappa shape index (κ1) is 27.8. The van der Waals surface area contributed by atoms with Gasteiger partial charge >= 0.3 is 5.97 Å². The second-order valence-electron chi connectivity index (χ2n) is 9.84. The molecule has 0 aromatic heterocycles. The lowest BCUT2D eigenvalue weighted by molar-refractivity contribution is -0.149. The Hall–Kier alpha value is -3.26. The Labute approximate surface area is 225 Å². The Morgan fingerprint density at radius 2 is 1.66 bits per heavy atom. The number of methoxy groups -OCH3 is 1. The van der Waals surface area contributed by atoms with Gasteiger partial charge in [0, 0.05) is 44.6 Å². The van der Waals surface area contributed by atoms with Gasteiger partial charge in [-0.1, -0.05) is 32.0 Å². The molecule has 2 aromatic rings. The van der Waals surface area contributed by atoms with Crippen molar-refractivity contribution in [2.75, 3.05) is 46.7 Å². The van der Waals surface area contributed by atoms with Gasteiger partial charge in [0.05, 0.1) is 19.6 Å². The van der Waals surface area contributed by atoms with Gasteiger partial charge in [-0.15, -0.1) is 0 Å². The standard InChI is InChI=1S/C30H40N2O6/c1-5-15-31(16-6-2)27(33)14-17-32-19-24(22-10-13-25-26(18-22)38-20-37-25)28(30(34)36-7-3)29(32)21-8-11-23(35-4)12-9-21/h8-13,18,24,28-29H,5-7,14-17,19-20H2,1-4H3/t24-,28-,29+/m0/s1. The highest BCUT2D eigenvalue weighted by Crippen LogP contribution is 2.48. The Morgan fingerprint density at radius 1 is 0.974 bits per heavy atom. The van der Waals surface area contributed by atoms with Crippen LogP contribution in [0.15, 0.2) is 42.5 Å². The fraction of sp³-hybridized carbons (Fsp3) is 0.533. The van der Waals surface area contributed by atoms with Gasteiger partial charge in [0.25, 0.3) is 0 Å². The van der Waals surface area contributed by atoms with Crippen LogP contribution in [-0.4, -0.2) is 68.4 Å². The summed E-state index contributed by atoms with van der Waals surface area (Å²) in [5.41, 5.74) is 2.00. The van der Waals surface area contributed by atoms with Crippen molar-refractivity contribution >= 4 is 11.9 Å². The third kappa shape index (κ3) is 6.07. The molecule has 0 saturated carbocycles. The lowest BCUT2D eigenvalue weighted by atomic mass is 9.82. The Kier molecular flexibility index (Phi) is 9.50. The minimum absolute atomic E-state index is 0.131. The van der Waals surface area contributed by atoms with E-state index in [2.05, 4.69) is 18.7 Å². The maximum absolute atomic E-state index is 13.5. The van der Waals surface area contributed by atoms with Gasteiger partial charge in [0.15, 0.2) is 11.5 Å². The van der Waals surface area contributed by atoms with Crippen LogP contribution >= 0.6 is 0 Å². The lowest BCUT2D eigenvalue weighted by Gasteiger charge is -2.29. The van der Waals surface area contributed by atoms with Crippen molar-refractivity contribution in [1.82, 2.24) is 9.80 Å². The molecule has 0 N–H and O–H groups in total. The quantitative estimate of drug-likeness (QED) is 0.370. The number of esters is 1.